The fourth-order valence-electron chi connectivity index (χ4n) is 3.54. The van der Waals surface area contributed by atoms with Crippen LogP contribution in [0.2, 0.25) is 10.0 Å². The summed E-state index contributed by atoms with van der Waals surface area (Å²) in [5.74, 6) is -1.01. The third-order valence-corrected chi connectivity index (χ3v) is 6.79. The molecular weight excluding hydrogens is 529 g/mol. The van der Waals surface area contributed by atoms with E-state index < -0.39 is 5.91 Å². The molecule has 3 aromatic rings. The van der Waals surface area contributed by atoms with E-state index in [9.17, 15) is 9.59 Å². The number of benzene rings is 2. The van der Waals surface area contributed by atoms with Crippen molar-refractivity contribution < 1.29 is 14.3 Å². The lowest BCUT2D eigenvalue weighted by atomic mass is 9.98. The topological polar surface area (TPSA) is 73.2 Å². The van der Waals surface area contributed by atoms with Crippen molar-refractivity contribution in [1.29, 1.82) is 0 Å². The van der Waals surface area contributed by atoms with Crippen LogP contribution in [-0.2, 0) is 9.53 Å². The molecule has 1 aromatic heterocycles. The van der Waals surface area contributed by atoms with Crippen molar-refractivity contribution in [3.63, 3.8) is 0 Å². The summed E-state index contributed by atoms with van der Waals surface area (Å²) in [6, 6.07) is 6.36. The van der Waals surface area contributed by atoms with Gasteiger partial charge in [-0.2, -0.15) is 5.10 Å². The predicted octanol–water partition coefficient (Wildman–Crippen LogP) is 6.21. The minimum atomic E-state index is -0.437. The number of ether oxygens (including phenoxy) is 1. The van der Waals surface area contributed by atoms with Crippen molar-refractivity contribution >= 4 is 79.0 Å². The summed E-state index contributed by atoms with van der Waals surface area (Å²) in [4.78, 5) is 25.4. The predicted molar refractivity (Wildman–Crippen MR) is 126 cm³/mol. The molecule has 0 aliphatic carbocycles. The molecule has 0 bridgehead atoms. The second-order valence-corrected chi connectivity index (χ2v) is 9.05. The van der Waals surface area contributed by atoms with Gasteiger partial charge < -0.3 is 10.1 Å². The van der Waals surface area contributed by atoms with Crippen molar-refractivity contribution in [2.24, 2.45) is 0 Å². The second kappa shape index (κ2) is 9.46. The molecule has 0 saturated carbocycles. The molecule has 0 radical (unpaired) electrons. The Kier molecular flexibility index (Phi) is 6.89. The van der Waals surface area contributed by atoms with Gasteiger partial charge in [-0.25, -0.2) is 4.68 Å². The molecule has 1 aliphatic rings. The summed E-state index contributed by atoms with van der Waals surface area (Å²) in [5, 5.41) is 8.59. The minimum absolute atomic E-state index is 0.194. The van der Waals surface area contributed by atoms with Gasteiger partial charge in [-0.1, -0.05) is 23.2 Å². The van der Waals surface area contributed by atoms with Crippen LogP contribution in [-0.4, -0.2) is 34.0 Å². The molecule has 162 valence electrons. The van der Waals surface area contributed by atoms with E-state index in [-0.39, 0.29) is 23.5 Å². The molecule has 2 aromatic carbocycles. The van der Waals surface area contributed by atoms with Gasteiger partial charge in [0.1, 0.15) is 17.6 Å². The van der Waals surface area contributed by atoms with Gasteiger partial charge in [-0.15, -0.1) is 11.6 Å². The minimum Gasteiger partial charge on any atom is -0.357 e. The van der Waals surface area contributed by atoms with E-state index in [0.717, 1.165) is 19.3 Å². The molecule has 2 heterocycles. The van der Waals surface area contributed by atoms with Gasteiger partial charge in [0.25, 0.3) is 0 Å². The van der Waals surface area contributed by atoms with Crippen LogP contribution < -0.4 is 5.32 Å². The first-order valence-corrected chi connectivity index (χ1v) is 11.7. The number of anilines is 1. The van der Waals surface area contributed by atoms with Gasteiger partial charge in [0.2, 0.25) is 5.91 Å². The quantitative estimate of drug-likeness (QED) is 0.306. The summed E-state index contributed by atoms with van der Waals surface area (Å²) in [5.41, 5.74) is 1.44. The smallest absolute Gasteiger partial charge is 0.239 e. The summed E-state index contributed by atoms with van der Waals surface area (Å²) < 4.78 is 8.07. The van der Waals surface area contributed by atoms with Gasteiger partial charge in [-0.3, -0.25) is 9.59 Å². The first-order chi connectivity index (χ1) is 14.9. The zero-order chi connectivity index (χ0) is 22.1. The number of hydrogen-bond donors (Lipinski definition) is 1. The van der Waals surface area contributed by atoms with Crippen molar-refractivity contribution in [3.8, 4) is 0 Å². The molecule has 1 saturated heterocycles. The molecular formula is C21H17BrCl3N3O3. The summed E-state index contributed by atoms with van der Waals surface area (Å²) in [6.07, 6.45) is 4.48. The van der Waals surface area contributed by atoms with Crippen molar-refractivity contribution in [1.82, 2.24) is 9.78 Å². The number of halogens is 4. The fraction of sp³-hybridized carbons (Fsp3) is 0.286. The van der Waals surface area contributed by atoms with E-state index in [0.29, 0.717) is 43.3 Å². The largest absolute Gasteiger partial charge is 0.357 e. The van der Waals surface area contributed by atoms with Crippen LogP contribution in [0.4, 0.5) is 5.69 Å². The normalized spacial score (nSPS) is 16.5. The monoisotopic (exact) mass is 543 g/mol. The Hall–Kier alpha value is -1.64. The van der Waals surface area contributed by atoms with Crippen LogP contribution in [0.1, 0.15) is 41.4 Å². The van der Waals surface area contributed by atoms with Crippen molar-refractivity contribution in [3.05, 3.63) is 56.1 Å². The van der Waals surface area contributed by atoms with E-state index in [1.165, 1.54) is 6.07 Å². The maximum absolute atomic E-state index is 13.5. The molecule has 10 heteroatoms. The first-order valence-electron chi connectivity index (χ1n) is 9.57. The molecule has 1 amide bonds. The second-order valence-electron chi connectivity index (χ2n) is 7.11. The zero-order valence-electron chi connectivity index (χ0n) is 16.1. The highest BCUT2D eigenvalue weighted by atomic mass is 79.9. The lowest BCUT2D eigenvalue weighted by Gasteiger charge is -2.22. The Labute approximate surface area is 201 Å². The highest BCUT2D eigenvalue weighted by molar-refractivity contribution is 9.10. The van der Waals surface area contributed by atoms with Gasteiger partial charge in [0.05, 0.1) is 15.7 Å². The van der Waals surface area contributed by atoms with Crippen molar-refractivity contribution in [2.75, 3.05) is 17.8 Å². The standard InChI is InChI=1S/C21H17BrCl3N3O3/c22-14-8-17(26-18(29)9-23)12(7-16(14)25)21(30)11-4-5-15(24)20-13(11)10-28(27-20)19-3-1-2-6-31-19/h4-5,7-8,10,19H,1-3,6,9H2,(H,26,29). The molecule has 1 atom stereocenters. The number of carbonyl (C=O) groups is 2. The SMILES string of the molecule is O=C(CCl)Nc1cc(Br)c(Cl)cc1C(=O)c1ccc(Cl)c2nn(C3CCCCO3)cc12. The first kappa shape index (κ1) is 22.6. The van der Waals surface area contributed by atoms with E-state index in [1.807, 2.05) is 0 Å². The summed E-state index contributed by atoms with van der Waals surface area (Å²) >= 11 is 21.6. The maximum atomic E-state index is 13.5. The number of nitrogens with zero attached hydrogens (tertiary/aromatic N) is 2. The third kappa shape index (κ3) is 4.61. The molecule has 1 unspecified atom stereocenters. The molecule has 0 spiro atoms. The lowest BCUT2D eigenvalue weighted by Crippen LogP contribution is -2.18. The molecule has 4 rings (SSSR count). The number of amides is 1. The number of hydrogen-bond acceptors (Lipinski definition) is 4. The third-order valence-electron chi connectivity index (χ3n) is 5.04. The summed E-state index contributed by atoms with van der Waals surface area (Å²) in [6.45, 7) is 0.668. The van der Waals surface area contributed by atoms with Crippen LogP contribution >= 0.6 is 50.7 Å². The van der Waals surface area contributed by atoms with E-state index in [4.69, 9.17) is 39.5 Å². The molecule has 31 heavy (non-hydrogen) atoms. The Bertz CT molecular complexity index is 1180. The van der Waals surface area contributed by atoms with Crippen LogP contribution in [0.25, 0.3) is 10.9 Å². The van der Waals surface area contributed by atoms with Crippen LogP contribution in [0.3, 0.4) is 0 Å². The van der Waals surface area contributed by atoms with Crippen LogP contribution in [0.5, 0.6) is 0 Å². The van der Waals surface area contributed by atoms with E-state index in [2.05, 4.69) is 26.3 Å². The summed E-state index contributed by atoms with van der Waals surface area (Å²) in [7, 11) is 0. The number of carbonyl (C=O) groups excluding carboxylic acids is 2. The average Bonchev–Trinajstić information content (AvgIpc) is 3.23. The highest BCUT2D eigenvalue weighted by Crippen LogP contribution is 2.34. The number of ketones is 1. The van der Waals surface area contributed by atoms with Crippen LogP contribution in [0.15, 0.2) is 34.9 Å². The van der Waals surface area contributed by atoms with E-state index in [1.54, 1.807) is 29.1 Å². The average molecular weight is 546 g/mol. The maximum Gasteiger partial charge on any atom is 0.239 e. The van der Waals surface area contributed by atoms with Crippen LogP contribution in [0, 0.1) is 0 Å². The van der Waals surface area contributed by atoms with Gasteiger partial charge in [0.15, 0.2) is 5.78 Å². The molecule has 1 aliphatic heterocycles. The molecule has 1 N–H and O–H groups in total. The fourth-order valence-corrected chi connectivity index (χ4v) is 4.31. The van der Waals surface area contributed by atoms with Crippen molar-refractivity contribution in [2.45, 2.75) is 25.5 Å². The Morgan fingerprint density at radius 1 is 1.19 bits per heavy atom. The Morgan fingerprint density at radius 3 is 2.71 bits per heavy atom. The Morgan fingerprint density at radius 2 is 2.00 bits per heavy atom. The number of rotatable bonds is 5. The zero-order valence-corrected chi connectivity index (χ0v) is 20.0. The number of nitrogens with one attached hydrogen (secondary N) is 1. The molecule has 6 nitrogen and oxygen atoms in total. The number of fused-ring (bicyclic) bond motifs is 1. The lowest BCUT2D eigenvalue weighted by molar-refractivity contribution is -0.113. The van der Waals surface area contributed by atoms with Gasteiger partial charge in [0, 0.05) is 33.8 Å². The Balaban J connectivity index is 1.81. The van der Waals surface area contributed by atoms with Gasteiger partial charge >= 0.3 is 0 Å². The molecule has 1 fully saturated rings. The highest BCUT2D eigenvalue weighted by Gasteiger charge is 2.23. The number of aromatic nitrogens is 2. The van der Waals surface area contributed by atoms with E-state index >= 15 is 0 Å². The number of alkyl halides is 1. The van der Waals surface area contributed by atoms with Gasteiger partial charge in [-0.05, 0) is 59.5 Å².